The molecule has 1 aliphatic heterocycles. The monoisotopic (exact) mass is 541 g/mol. The molecule has 9 nitrogen and oxygen atoms in total. The number of nitrogens with one attached hydrogen (secondary N) is 2. The first kappa shape index (κ1) is 26.6. The second-order valence-corrected chi connectivity index (χ2v) is 10.4. The minimum Gasteiger partial charge on any atom is -0.389 e. The minimum atomic E-state index is -1.02. The summed E-state index contributed by atoms with van der Waals surface area (Å²) in [6.45, 7) is 1.65. The molecule has 1 aromatic carbocycles. The number of nitrogens with zero attached hydrogens (tertiary/aromatic N) is 3. The highest BCUT2D eigenvalue weighted by Gasteiger charge is 2.20. The lowest BCUT2D eigenvalue weighted by Gasteiger charge is -2.31. The van der Waals surface area contributed by atoms with Gasteiger partial charge in [0, 0.05) is 31.5 Å². The van der Waals surface area contributed by atoms with Crippen LogP contribution in [0.2, 0.25) is 4.34 Å². The number of aliphatic hydroxyl groups excluding tert-OH is 1. The highest BCUT2D eigenvalue weighted by Crippen LogP contribution is 2.33. The molecule has 1 unspecified atom stereocenters. The molecule has 1 saturated heterocycles. The molecule has 0 spiro atoms. The second kappa shape index (κ2) is 12.7. The Morgan fingerprint density at radius 3 is 2.62 bits per heavy atom. The molecule has 1 fully saturated rings. The summed E-state index contributed by atoms with van der Waals surface area (Å²) in [6, 6.07) is 13.7. The van der Waals surface area contributed by atoms with E-state index in [1.165, 1.54) is 4.90 Å². The van der Waals surface area contributed by atoms with Crippen LogP contribution in [0.15, 0.2) is 54.7 Å². The molecule has 3 N–H and O–H groups in total. The van der Waals surface area contributed by atoms with Gasteiger partial charge in [0.15, 0.2) is 0 Å². The first-order valence-corrected chi connectivity index (χ1v) is 13.2. The van der Waals surface area contributed by atoms with Crippen LogP contribution < -0.4 is 20.4 Å². The molecule has 0 bridgehead atoms. The van der Waals surface area contributed by atoms with Crippen LogP contribution in [-0.2, 0) is 4.79 Å². The molecular weight excluding hydrogens is 514 g/mol. The number of halogens is 1. The lowest BCUT2D eigenvalue weighted by Crippen LogP contribution is -2.39. The predicted molar refractivity (Wildman–Crippen MR) is 146 cm³/mol. The zero-order chi connectivity index (χ0) is 26.2. The Morgan fingerprint density at radius 1 is 1.14 bits per heavy atom. The van der Waals surface area contributed by atoms with Gasteiger partial charge in [0.2, 0.25) is 6.41 Å². The van der Waals surface area contributed by atoms with Gasteiger partial charge in [-0.2, -0.15) is 0 Å². The van der Waals surface area contributed by atoms with Gasteiger partial charge < -0.3 is 25.5 Å². The number of carbonyl (C=O) groups excluding carboxylic acids is 3. The van der Waals surface area contributed by atoms with Crippen molar-refractivity contribution >= 4 is 58.2 Å². The maximum Gasteiger partial charge on any atom is 0.274 e. The molecule has 1 atom stereocenters. The van der Waals surface area contributed by atoms with Gasteiger partial charge in [-0.05, 0) is 61.7 Å². The summed E-state index contributed by atoms with van der Waals surface area (Å²) in [5, 5.41) is 16.1. The number of benzene rings is 1. The molecule has 0 saturated carbocycles. The van der Waals surface area contributed by atoms with Crippen molar-refractivity contribution in [3.63, 3.8) is 0 Å². The fourth-order valence-electron chi connectivity index (χ4n) is 4.13. The number of piperidine rings is 1. The van der Waals surface area contributed by atoms with Crippen molar-refractivity contribution in [1.29, 1.82) is 0 Å². The SMILES string of the molecule is O=CN(CC(O)CNC(=O)c1ccc(Cl)s1)c1ccc(N2CCCCC2)c(NC(=O)c2ccccn2)c1. The number of aliphatic hydroxyl groups is 1. The molecule has 1 aliphatic rings. The first-order chi connectivity index (χ1) is 17.9. The summed E-state index contributed by atoms with van der Waals surface area (Å²) in [5.74, 6) is -0.705. The van der Waals surface area contributed by atoms with Gasteiger partial charge in [-0.1, -0.05) is 17.7 Å². The van der Waals surface area contributed by atoms with Gasteiger partial charge in [-0.3, -0.25) is 19.4 Å². The standard InChI is InChI=1S/C26H28ClN5O4S/c27-24-10-9-23(37-24)26(36)29-15-19(34)16-32(17-33)18-7-8-22(31-12-4-1-5-13-31)21(14-18)30-25(35)20-6-2-3-11-28-20/h2-3,6-11,14,17,19,34H,1,4-5,12-13,15-16H2,(H,29,36)(H,30,35). The first-order valence-electron chi connectivity index (χ1n) is 12.0. The molecule has 0 radical (unpaired) electrons. The van der Waals surface area contributed by atoms with E-state index in [-0.39, 0.29) is 30.6 Å². The Balaban J connectivity index is 1.49. The van der Waals surface area contributed by atoms with Crippen molar-refractivity contribution in [2.75, 3.05) is 41.3 Å². The summed E-state index contributed by atoms with van der Waals surface area (Å²) < 4.78 is 0.497. The third-order valence-electron chi connectivity index (χ3n) is 5.98. The Hall–Kier alpha value is -3.47. The van der Waals surface area contributed by atoms with E-state index >= 15 is 0 Å². The lowest BCUT2D eigenvalue weighted by molar-refractivity contribution is -0.107. The van der Waals surface area contributed by atoms with Gasteiger partial charge in [-0.25, -0.2) is 0 Å². The van der Waals surface area contributed by atoms with Gasteiger partial charge in [0.1, 0.15) is 5.69 Å². The van der Waals surface area contributed by atoms with E-state index < -0.39 is 6.10 Å². The van der Waals surface area contributed by atoms with Crippen molar-refractivity contribution in [3.8, 4) is 0 Å². The van der Waals surface area contributed by atoms with Crippen LogP contribution in [0.4, 0.5) is 17.1 Å². The Bertz CT molecular complexity index is 1230. The molecule has 194 valence electrons. The number of carbonyl (C=O) groups is 3. The maximum absolute atomic E-state index is 12.9. The fourth-order valence-corrected chi connectivity index (χ4v) is 5.09. The van der Waals surface area contributed by atoms with Crippen molar-refractivity contribution in [3.05, 3.63) is 69.6 Å². The molecule has 3 aromatic rings. The van der Waals surface area contributed by atoms with Crippen LogP contribution in [0.3, 0.4) is 0 Å². The molecule has 3 amide bonds. The molecule has 37 heavy (non-hydrogen) atoms. The van der Waals surface area contributed by atoms with Crippen molar-refractivity contribution in [2.45, 2.75) is 25.4 Å². The van der Waals surface area contributed by atoms with Crippen LogP contribution in [0, 0.1) is 0 Å². The van der Waals surface area contributed by atoms with Crippen LogP contribution in [-0.4, -0.2) is 60.6 Å². The molecule has 3 heterocycles. The highest BCUT2D eigenvalue weighted by atomic mass is 35.5. The molecule has 4 rings (SSSR count). The largest absolute Gasteiger partial charge is 0.389 e. The van der Waals surface area contributed by atoms with E-state index in [2.05, 4.69) is 20.5 Å². The van der Waals surface area contributed by atoms with E-state index in [0.717, 1.165) is 49.4 Å². The predicted octanol–water partition coefficient (Wildman–Crippen LogP) is 3.79. The Morgan fingerprint density at radius 2 is 1.95 bits per heavy atom. The number of aromatic nitrogens is 1. The average Bonchev–Trinajstić information content (AvgIpc) is 3.37. The van der Waals surface area contributed by atoms with Crippen molar-refractivity contribution in [2.24, 2.45) is 0 Å². The maximum atomic E-state index is 12.9. The van der Waals surface area contributed by atoms with Crippen molar-refractivity contribution < 1.29 is 19.5 Å². The number of pyridine rings is 1. The summed E-state index contributed by atoms with van der Waals surface area (Å²) in [6.07, 6.45) is 4.44. The summed E-state index contributed by atoms with van der Waals surface area (Å²) in [7, 11) is 0. The lowest BCUT2D eigenvalue weighted by atomic mass is 10.1. The number of anilines is 3. The molecular formula is C26H28ClN5O4S. The quantitative estimate of drug-likeness (QED) is 0.336. The number of hydrogen-bond acceptors (Lipinski definition) is 7. The zero-order valence-electron chi connectivity index (χ0n) is 20.1. The summed E-state index contributed by atoms with van der Waals surface area (Å²) >= 11 is 7.02. The second-order valence-electron chi connectivity index (χ2n) is 8.64. The minimum absolute atomic E-state index is 0.0478. The number of thiophene rings is 1. The van der Waals surface area contributed by atoms with E-state index in [9.17, 15) is 19.5 Å². The van der Waals surface area contributed by atoms with E-state index in [0.29, 0.717) is 27.0 Å². The van der Waals surface area contributed by atoms with Crippen LogP contribution in [0.5, 0.6) is 0 Å². The topological polar surface area (TPSA) is 115 Å². The van der Waals surface area contributed by atoms with Gasteiger partial charge in [0.05, 0.1) is 33.2 Å². The number of hydrogen-bond donors (Lipinski definition) is 3. The third kappa shape index (κ3) is 7.06. The van der Waals surface area contributed by atoms with Crippen LogP contribution in [0.25, 0.3) is 0 Å². The van der Waals surface area contributed by atoms with E-state index in [1.807, 2.05) is 6.07 Å². The fraction of sp³-hybridized carbons (Fsp3) is 0.308. The number of rotatable bonds is 10. The normalized spacial score (nSPS) is 14.1. The van der Waals surface area contributed by atoms with Gasteiger partial charge in [-0.15, -0.1) is 11.3 Å². The van der Waals surface area contributed by atoms with E-state index in [1.54, 1.807) is 48.7 Å². The van der Waals surface area contributed by atoms with Crippen LogP contribution >= 0.6 is 22.9 Å². The molecule has 0 aliphatic carbocycles. The Kier molecular flexibility index (Phi) is 9.10. The number of amides is 3. The highest BCUT2D eigenvalue weighted by molar-refractivity contribution is 7.18. The van der Waals surface area contributed by atoms with Gasteiger partial charge in [0.25, 0.3) is 11.8 Å². The van der Waals surface area contributed by atoms with E-state index in [4.69, 9.17) is 11.6 Å². The van der Waals surface area contributed by atoms with Gasteiger partial charge >= 0.3 is 0 Å². The molecule has 11 heteroatoms. The third-order valence-corrected chi connectivity index (χ3v) is 7.21. The van der Waals surface area contributed by atoms with Crippen LogP contribution in [0.1, 0.15) is 39.4 Å². The average molecular weight is 542 g/mol. The summed E-state index contributed by atoms with van der Waals surface area (Å²) in [5.41, 5.74) is 2.20. The zero-order valence-corrected chi connectivity index (χ0v) is 21.7. The summed E-state index contributed by atoms with van der Waals surface area (Å²) in [4.78, 5) is 45.2. The smallest absolute Gasteiger partial charge is 0.274 e. The molecule has 2 aromatic heterocycles. The van der Waals surface area contributed by atoms with Crippen molar-refractivity contribution in [1.82, 2.24) is 10.3 Å². The Labute approximate surface area is 224 Å².